The first-order valence-electron chi connectivity index (χ1n) is 4.27. The molecule has 0 atom stereocenters. The van der Waals surface area contributed by atoms with Crippen molar-refractivity contribution in [1.82, 2.24) is 5.32 Å². The van der Waals surface area contributed by atoms with Crippen LogP contribution in [0.15, 0.2) is 18.2 Å². The molecule has 0 aromatic heterocycles. The molecule has 80 valence electrons. The number of aryl methyl sites for hydroxylation is 1. The summed E-state index contributed by atoms with van der Waals surface area (Å²) in [6.07, 6.45) is 0. The van der Waals surface area contributed by atoms with Crippen molar-refractivity contribution >= 4 is 11.9 Å². The summed E-state index contributed by atoms with van der Waals surface area (Å²) in [5.74, 6) is -2.05. The van der Waals surface area contributed by atoms with E-state index in [1.54, 1.807) is 0 Å². The van der Waals surface area contributed by atoms with Gasteiger partial charge in [-0.25, -0.2) is 4.39 Å². The van der Waals surface area contributed by atoms with Crippen molar-refractivity contribution in [2.24, 2.45) is 0 Å². The molecule has 0 spiro atoms. The summed E-state index contributed by atoms with van der Waals surface area (Å²) in [5.41, 5.74) is 0.591. The molecule has 1 aromatic rings. The summed E-state index contributed by atoms with van der Waals surface area (Å²) < 4.78 is 12.9. The fourth-order valence-electron chi connectivity index (χ4n) is 1.04. The first kappa shape index (κ1) is 11.2. The lowest BCUT2D eigenvalue weighted by atomic mass is 10.1. The Morgan fingerprint density at radius 2 is 2.13 bits per heavy atom. The highest BCUT2D eigenvalue weighted by molar-refractivity contribution is 5.95. The predicted octanol–water partition coefficient (Wildman–Crippen LogP) is 0.949. The molecule has 0 fully saturated rings. The van der Waals surface area contributed by atoms with E-state index < -0.39 is 24.2 Å². The highest BCUT2D eigenvalue weighted by atomic mass is 18.2. The molecule has 0 aliphatic rings. The molecule has 0 bridgehead atoms. The molecule has 0 heterocycles. The van der Waals surface area contributed by atoms with Crippen LogP contribution in [0, 0.1) is 12.7 Å². The van der Waals surface area contributed by atoms with Gasteiger partial charge in [0.25, 0.3) is 5.91 Å². The summed E-state index contributed by atoms with van der Waals surface area (Å²) in [5, 5.41) is 10.5. The number of halogens is 1. The molecule has 0 aliphatic carbocycles. The topological polar surface area (TPSA) is 66.4 Å². The van der Waals surface area contributed by atoms with Gasteiger partial charge in [0.15, 0.2) is 0 Å². The fraction of sp³-hybridized carbons (Fsp3) is 0.200. The van der Waals surface area contributed by atoms with Gasteiger partial charge in [-0.2, -0.15) is 0 Å². The van der Waals surface area contributed by atoms with Crippen molar-refractivity contribution in [3.63, 3.8) is 0 Å². The average Bonchev–Trinajstić information content (AvgIpc) is 2.18. The molecule has 0 saturated carbocycles. The first-order chi connectivity index (χ1) is 7.00. The van der Waals surface area contributed by atoms with Gasteiger partial charge in [0.1, 0.15) is 12.4 Å². The van der Waals surface area contributed by atoms with Crippen LogP contribution in [0.1, 0.15) is 15.9 Å². The maximum Gasteiger partial charge on any atom is 0.322 e. The van der Waals surface area contributed by atoms with E-state index in [1.165, 1.54) is 25.1 Å². The molecule has 0 radical (unpaired) electrons. The molecular weight excluding hydrogens is 200 g/mol. The Bertz CT molecular complexity index is 404. The summed E-state index contributed by atoms with van der Waals surface area (Å²) in [6, 6.07) is 3.84. The zero-order valence-electron chi connectivity index (χ0n) is 8.08. The Labute approximate surface area is 85.7 Å². The number of aliphatic carboxylic acids is 1. The molecule has 5 heteroatoms. The van der Waals surface area contributed by atoms with E-state index in [2.05, 4.69) is 5.32 Å². The van der Waals surface area contributed by atoms with E-state index in [0.717, 1.165) is 0 Å². The third-order valence-corrected chi connectivity index (χ3v) is 1.82. The second-order valence-corrected chi connectivity index (χ2v) is 3.04. The summed E-state index contributed by atoms with van der Waals surface area (Å²) in [7, 11) is 0. The molecule has 0 unspecified atom stereocenters. The Kier molecular flexibility index (Phi) is 3.38. The number of carboxylic acids is 1. The SMILES string of the molecule is Cc1cc(C(=O)NCC(=O)O)ccc1[18F]. The third kappa shape index (κ3) is 3.05. The third-order valence-electron chi connectivity index (χ3n) is 1.82. The van der Waals surface area contributed by atoms with Crippen LogP contribution in [0.2, 0.25) is 0 Å². The number of carboxylic acid groups (broad SMARTS) is 1. The lowest BCUT2D eigenvalue weighted by Crippen LogP contribution is -2.29. The predicted molar refractivity (Wildman–Crippen MR) is 51.1 cm³/mol. The monoisotopic (exact) mass is 210 g/mol. The Morgan fingerprint density at radius 3 is 2.67 bits per heavy atom. The van der Waals surface area contributed by atoms with E-state index in [-0.39, 0.29) is 5.56 Å². The van der Waals surface area contributed by atoms with Crippen LogP contribution < -0.4 is 5.32 Å². The van der Waals surface area contributed by atoms with Gasteiger partial charge in [-0.05, 0) is 30.7 Å². The van der Waals surface area contributed by atoms with E-state index in [4.69, 9.17) is 5.11 Å². The van der Waals surface area contributed by atoms with Gasteiger partial charge in [0.05, 0.1) is 0 Å². The van der Waals surface area contributed by atoms with Gasteiger partial charge in [-0.3, -0.25) is 9.59 Å². The number of hydrogen-bond acceptors (Lipinski definition) is 2. The van der Waals surface area contributed by atoms with Crippen LogP contribution in [-0.2, 0) is 4.79 Å². The van der Waals surface area contributed by atoms with E-state index >= 15 is 0 Å². The molecule has 15 heavy (non-hydrogen) atoms. The maximum atomic E-state index is 12.9. The quantitative estimate of drug-likeness (QED) is 0.780. The first-order valence-corrected chi connectivity index (χ1v) is 4.27. The molecule has 1 rings (SSSR count). The lowest BCUT2D eigenvalue weighted by Gasteiger charge is -2.03. The van der Waals surface area contributed by atoms with Crippen molar-refractivity contribution < 1.29 is 19.1 Å². The van der Waals surface area contributed by atoms with E-state index in [9.17, 15) is 14.0 Å². The standard InChI is InChI=1S/C10H10FNO3/c1-6-4-7(2-3-8(6)11)10(15)12-5-9(13)14/h2-4H,5H2,1H3,(H,12,15)(H,13,14)/i11-1. The lowest BCUT2D eigenvalue weighted by molar-refractivity contribution is -0.135. The number of amides is 1. The fourth-order valence-corrected chi connectivity index (χ4v) is 1.04. The van der Waals surface area contributed by atoms with Crippen LogP contribution in [0.25, 0.3) is 0 Å². The van der Waals surface area contributed by atoms with E-state index in [0.29, 0.717) is 5.56 Å². The molecular formula is C10H10FNO3. The number of carbonyl (C=O) groups excluding carboxylic acids is 1. The minimum atomic E-state index is -1.12. The molecule has 0 saturated heterocycles. The van der Waals surface area contributed by atoms with Crippen LogP contribution in [-0.4, -0.2) is 23.5 Å². The van der Waals surface area contributed by atoms with Crippen LogP contribution in [0.3, 0.4) is 0 Å². The van der Waals surface area contributed by atoms with Gasteiger partial charge in [-0.15, -0.1) is 0 Å². The zero-order chi connectivity index (χ0) is 11.4. The largest absolute Gasteiger partial charge is 0.480 e. The second kappa shape index (κ2) is 4.54. The van der Waals surface area contributed by atoms with E-state index in [1.807, 2.05) is 0 Å². The normalized spacial score (nSPS) is 9.73. The molecule has 2 N–H and O–H groups in total. The van der Waals surface area contributed by atoms with Crippen molar-refractivity contribution in [1.29, 1.82) is 0 Å². The molecule has 0 aliphatic heterocycles. The Hall–Kier alpha value is -1.91. The molecule has 1 aromatic carbocycles. The van der Waals surface area contributed by atoms with Crippen molar-refractivity contribution in [3.05, 3.63) is 35.1 Å². The van der Waals surface area contributed by atoms with Crippen LogP contribution in [0.4, 0.5) is 4.39 Å². The summed E-state index contributed by atoms with van der Waals surface area (Å²) in [6.45, 7) is 1.08. The van der Waals surface area contributed by atoms with Gasteiger partial charge in [0, 0.05) is 5.56 Å². The maximum absolute atomic E-state index is 12.9. The van der Waals surface area contributed by atoms with Gasteiger partial charge in [0.2, 0.25) is 0 Å². The summed E-state index contributed by atoms with van der Waals surface area (Å²) in [4.78, 5) is 21.5. The van der Waals surface area contributed by atoms with Crippen molar-refractivity contribution in [2.75, 3.05) is 6.54 Å². The summed E-state index contributed by atoms with van der Waals surface area (Å²) >= 11 is 0. The highest BCUT2D eigenvalue weighted by Crippen LogP contribution is 2.08. The Morgan fingerprint density at radius 1 is 1.47 bits per heavy atom. The Balaban J connectivity index is 2.74. The number of nitrogens with one attached hydrogen (secondary N) is 1. The minimum Gasteiger partial charge on any atom is -0.480 e. The second-order valence-electron chi connectivity index (χ2n) is 3.04. The zero-order valence-corrected chi connectivity index (χ0v) is 8.08. The van der Waals surface area contributed by atoms with Gasteiger partial charge < -0.3 is 10.4 Å². The number of hydrogen-bond donors (Lipinski definition) is 2. The minimum absolute atomic E-state index is 0.246. The molecule has 4 nitrogen and oxygen atoms in total. The van der Waals surface area contributed by atoms with Gasteiger partial charge >= 0.3 is 5.97 Å². The highest BCUT2D eigenvalue weighted by Gasteiger charge is 2.08. The number of carbonyl (C=O) groups is 2. The van der Waals surface area contributed by atoms with Crippen molar-refractivity contribution in [2.45, 2.75) is 6.92 Å². The number of benzene rings is 1. The van der Waals surface area contributed by atoms with Crippen molar-refractivity contribution in [3.8, 4) is 0 Å². The van der Waals surface area contributed by atoms with Crippen LogP contribution >= 0.6 is 0 Å². The smallest absolute Gasteiger partial charge is 0.322 e. The number of rotatable bonds is 3. The molecule has 1 amide bonds. The van der Waals surface area contributed by atoms with Gasteiger partial charge in [-0.1, -0.05) is 0 Å². The average molecular weight is 210 g/mol. The van der Waals surface area contributed by atoms with Crippen LogP contribution in [0.5, 0.6) is 0 Å².